The summed E-state index contributed by atoms with van der Waals surface area (Å²) in [5, 5.41) is 5.90. The summed E-state index contributed by atoms with van der Waals surface area (Å²) in [6, 6.07) is 13.4. The normalized spacial score (nSPS) is 11.9. The van der Waals surface area contributed by atoms with Crippen molar-refractivity contribution in [3.05, 3.63) is 64.7 Å². The van der Waals surface area contributed by atoms with E-state index < -0.39 is 28.0 Å². The predicted molar refractivity (Wildman–Crippen MR) is 119 cm³/mol. The van der Waals surface area contributed by atoms with Gasteiger partial charge < -0.3 is 10.6 Å². The number of hydrogen-bond acceptors (Lipinski definition) is 4. The summed E-state index contributed by atoms with van der Waals surface area (Å²) >= 11 is 6.13. The number of hydrogen-bond donors (Lipinski definition) is 2. The molecule has 7 nitrogen and oxygen atoms in total. The van der Waals surface area contributed by atoms with Crippen LogP contribution in [0.25, 0.3) is 0 Å². The number of nitrogens with zero attached hydrogens (tertiary/aromatic N) is 1. The van der Waals surface area contributed by atoms with Crippen LogP contribution < -0.4 is 10.6 Å². The molecule has 0 atom stereocenters. The van der Waals surface area contributed by atoms with E-state index >= 15 is 0 Å². The zero-order valence-corrected chi connectivity index (χ0v) is 19.0. The summed E-state index contributed by atoms with van der Waals surface area (Å²) in [6.45, 7) is 5.09. The first kappa shape index (κ1) is 23.9. The van der Waals surface area contributed by atoms with Crippen LogP contribution in [0.2, 0.25) is 5.02 Å². The number of benzene rings is 2. The van der Waals surface area contributed by atoms with Crippen molar-refractivity contribution in [3.8, 4) is 0 Å². The summed E-state index contributed by atoms with van der Waals surface area (Å²) < 4.78 is 25.4. The molecule has 0 saturated heterocycles. The molecule has 0 radical (unpaired) electrons. The van der Waals surface area contributed by atoms with Crippen LogP contribution in [-0.2, 0) is 21.4 Å². The van der Waals surface area contributed by atoms with Crippen LogP contribution >= 0.6 is 11.6 Å². The molecular weight excluding hydrogens is 426 g/mol. The fourth-order valence-electron chi connectivity index (χ4n) is 2.65. The Labute approximate surface area is 182 Å². The van der Waals surface area contributed by atoms with Gasteiger partial charge in [-0.05, 0) is 44.5 Å². The van der Waals surface area contributed by atoms with Crippen LogP contribution in [0, 0.1) is 0 Å². The average Bonchev–Trinajstić information content (AvgIpc) is 2.61. The van der Waals surface area contributed by atoms with Crippen molar-refractivity contribution in [2.75, 3.05) is 18.1 Å². The van der Waals surface area contributed by atoms with Crippen molar-refractivity contribution >= 4 is 39.1 Å². The lowest BCUT2D eigenvalue weighted by Crippen LogP contribution is -2.41. The number of rotatable bonds is 7. The summed E-state index contributed by atoms with van der Waals surface area (Å²) in [5.41, 5.74) is 0.728. The minimum atomic E-state index is -3.68. The molecule has 0 aromatic heterocycles. The van der Waals surface area contributed by atoms with Gasteiger partial charge in [-0.25, -0.2) is 8.42 Å². The fraction of sp³-hybridized carbons (Fsp3) is 0.333. The number of anilines is 1. The van der Waals surface area contributed by atoms with Crippen molar-refractivity contribution < 1.29 is 18.0 Å². The molecule has 0 aliphatic rings. The zero-order valence-electron chi connectivity index (χ0n) is 17.4. The van der Waals surface area contributed by atoms with E-state index in [1.807, 2.05) is 20.8 Å². The molecule has 30 heavy (non-hydrogen) atoms. The maximum atomic E-state index is 12.6. The van der Waals surface area contributed by atoms with Crippen molar-refractivity contribution in [1.82, 2.24) is 9.62 Å². The van der Waals surface area contributed by atoms with E-state index in [2.05, 4.69) is 10.6 Å². The number of carbonyl (C=O) groups is 2. The minimum Gasteiger partial charge on any atom is -0.347 e. The Morgan fingerprint density at radius 3 is 2.23 bits per heavy atom. The summed E-state index contributed by atoms with van der Waals surface area (Å²) in [5.74, 6) is -0.905. The predicted octanol–water partition coefficient (Wildman–Crippen LogP) is 3.27. The number of nitrogens with one attached hydrogen (secondary N) is 2. The molecule has 0 unspecified atom stereocenters. The monoisotopic (exact) mass is 451 g/mol. The van der Waals surface area contributed by atoms with Crippen LogP contribution in [0.4, 0.5) is 5.69 Å². The first-order chi connectivity index (χ1) is 13.9. The maximum Gasteiger partial charge on any atom is 0.253 e. The number of amides is 2. The third-order valence-electron chi connectivity index (χ3n) is 4.03. The largest absolute Gasteiger partial charge is 0.347 e. The van der Waals surface area contributed by atoms with Crippen LogP contribution in [0.15, 0.2) is 48.5 Å². The highest BCUT2D eigenvalue weighted by Gasteiger charge is 2.23. The Balaban J connectivity index is 2.19. The van der Waals surface area contributed by atoms with Gasteiger partial charge in [-0.15, -0.1) is 0 Å². The third kappa shape index (κ3) is 7.12. The van der Waals surface area contributed by atoms with Crippen molar-refractivity contribution in [1.29, 1.82) is 0 Å². The topological polar surface area (TPSA) is 95.6 Å². The first-order valence-electron chi connectivity index (χ1n) is 9.27. The second-order valence-corrected chi connectivity index (χ2v) is 10.3. The maximum absolute atomic E-state index is 12.6. The van der Waals surface area contributed by atoms with Crippen molar-refractivity contribution in [2.24, 2.45) is 0 Å². The molecule has 162 valence electrons. The highest BCUT2D eigenvalue weighted by molar-refractivity contribution is 7.88. The van der Waals surface area contributed by atoms with Gasteiger partial charge in [0.15, 0.2) is 0 Å². The lowest BCUT2D eigenvalue weighted by molar-refractivity contribution is -0.116. The van der Waals surface area contributed by atoms with Gasteiger partial charge in [0.2, 0.25) is 15.9 Å². The average molecular weight is 452 g/mol. The number of halogens is 1. The molecule has 0 aliphatic carbocycles. The highest BCUT2D eigenvalue weighted by Crippen LogP contribution is 2.19. The number of carbonyl (C=O) groups excluding carboxylic acids is 2. The van der Waals surface area contributed by atoms with E-state index in [9.17, 15) is 18.0 Å². The molecule has 0 spiro atoms. The lowest BCUT2D eigenvalue weighted by Gasteiger charge is -2.22. The Bertz CT molecular complexity index is 1030. The van der Waals surface area contributed by atoms with Gasteiger partial charge in [0.25, 0.3) is 5.91 Å². The van der Waals surface area contributed by atoms with Crippen molar-refractivity contribution in [3.63, 3.8) is 0 Å². The smallest absolute Gasteiger partial charge is 0.253 e. The number of para-hydroxylation sites is 1. The molecule has 9 heteroatoms. The van der Waals surface area contributed by atoms with E-state index in [0.717, 1.165) is 10.6 Å². The Kier molecular flexibility index (Phi) is 7.63. The summed E-state index contributed by atoms with van der Waals surface area (Å²) in [4.78, 5) is 25.2. The summed E-state index contributed by atoms with van der Waals surface area (Å²) in [6.07, 6.45) is 1.03. The highest BCUT2D eigenvalue weighted by atomic mass is 35.5. The summed E-state index contributed by atoms with van der Waals surface area (Å²) in [7, 11) is -3.68. The second kappa shape index (κ2) is 9.59. The third-order valence-corrected chi connectivity index (χ3v) is 5.59. The van der Waals surface area contributed by atoms with E-state index in [0.29, 0.717) is 16.3 Å². The molecule has 2 aromatic carbocycles. The second-order valence-electron chi connectivity index (χ2n) is 7.92. The van der Waals surface area contributed by atoms with Gasteiger partial charge in [0, 0.05) is 17.1 Å². The standard InChI is InChI=1S/C21H26ClN3O4S/c1-21(2,3)24-20(27)16-10-6-8-12-18(16)23-19(26)14-25(30(4,28)29)13-15-9-5-7-11-17(15)22/h5-12H,13-14H2,1-4H3,(H,23,26)(H,24,27). The molecule has 0 fully saturated rings. The lowest BCUT2D eigenvalue weighted by atomic mass is 10.1. The molecular formula is C21H26ClN3O4S. The van der Waals surface area contributed by atoms with E-state index in [-0.39, 0.29) is 18.0 Å². The minimum absolute atomic E-state index is 0.0436. The Morgan fingerprint density at radius 2 is 1.63 bits per heavy atom. The number of sulfonamides is 1. The molecule has 0 aliphatic heterocycles. The Hall–Kier alpha value is -2.42. The first-order valence-corrected chi connectivity index (χ1v) is 11.5. The van der Waals surface area contributed by atoms with Gasteiger partial charge in [-0.2, -0.15) is 4.31 Å². The SMILES string of the molecule is CC(C)(C)NC(=O)c1ccccc1NC(=O)CN(Cc1ccccc1Cl)S(C)(=O)=O. The quantitative estimate of drug-likeness (QED) is 0.675. The molecule has 0 saturated carbocycles. The molecule has 0 bridgehead atoms. The van der Waals surface area contributed by atoms with Crippen LogP contribution in [-0.4, -0.2) is 42.9 Å². The van der Waals surface area contributed by atoms with Gasteiger partial charge in [-0.1, -0.05) is 41.9 Å². The molecule has 2 N–H and O–H groups in total. The zero-order chi connectivity index (χ0) is 22.5. The van der Waals surface area contributed by atoms with Gasteiger partial charge in [0.05, 0.1) is 24.1 Å². The van der Waals surface area contributed by atoms with Gasteiger partial charge in [0.1, 0.15) is 0 Å². The molecule has 2 amide bonds. The van der Waals surface area contributed by atoms with E-state index in [4.69, 9.17) is 11.6 Å². The van der Waals surface area contributed by atoms with Crippen LogP contribution in [0.1, 0.15) is 36.7 Å². The van der Waals surface area contributed by atoms with E-state index in [1.54, 1.807) is 48.5 Å². The van der Waals surface area contributed by atoms with Gasteiger partial charge >= 0.3 is 0 Å². The molecule has 0 heterocycles. The van der Waals surface area contributed by atoms with E-state index in [1.165, 1.54) is 0 Å². The van der Waals surface area contributed by atoms with Crippen LogP contribution in [0.3, 0.4) is 0 Å². The Morgan fingerprint density at radius 1 is 1.03 bits per heavy atom. The molecule has 2 aromatic rings. The van der Waals surface area contributed by atoms with Crippen molar-refractivity contribution in [2.45, 2.75) is 32.9 Å². The molecule has 2 rings (SSSR count). The fourth-order valence-corrected chi connectivity index (χ4v) is 3.58. The van der Waals surface area contributed by atoms with Gasteiger partial charge in [-0.3, -0.25) is 9.59 Å². The van der Waals surface area contributed by atoms with Crippen LogP contribution in [0.5, 0.6) is 0 Å².